The summed E-state index contributed by atoms with van der Waals surface area (Å²) in [6, 6.07) is 25.2. The molecule has 3 aromatic rings. The lowest BCUT2D eigenvalue weighted by atomic mass is 10.0. The van der Waals surface area contributed by atoms with Gasteiger partial charge in [0.25, 0.3) is 0 Å². The van der Waals surface area contributed by atoms with Crippen molar-refractivity contribution in [1.82, 2.24) is 0 Å². The van der Waals surface area contributed by atoms with Crippen LogP contribution >= 0.6 is 0 Å². The lowest BCUT2D eigenvalue weighted by molar-refractivity contribution is 0.482. The normalized spacial score (nSPS) is 10.5. The minimum Gasteiger partial charge on any atom is -0.457 e. The third-order valence-electron chi connectivity index (χ3n) is 3.93. The molecule has 1 heteroatoms. The van der Waals surface area contributed by atoms with Gasteiger partial charge in [-0.05, 0) is 67.6 Å². The van der Waals surface area contributed by atoms with Gasteiger partial charge in [0, 0.05) is 0 Å². The smallest absolute Gasteiger partial charge is 0.127 e. The monoisotopic (exact) mass is 302 g/mol. The lowest BCUT2D eigenvalue weighted by Crippen LogP contribution is -1.92. The Kier molecular flexibility index (Phi) is 4.77. The Hall–Kier alpha value is -2.54. The molecule has 0 heterocycles. The van der Waals surface area contributed by atoms with Crippen LogP contribution in [0.15, 0.2) is 72.8 Å². The van der Waals surface area contributed by atoms with Crippen LogP contribution in [-0.2, 0) is 12.8 Å². The number of hydrogen-bond donors (Lipinski definition) is 0. The minimum absolute atomic E-state index is 0.884. The number of ether oxygens (including phenoxy) is 1. The largest absolute Gasteiger partial charge is 0.457 e. The van der Waals surface area contributed by atoms with E-state index in [1.807, 2.05) is 30.3 Å². The zero-order valence-corrected chi connectivity index (χ0v) is 13.8. The van der Waals surface area contributed by atoms with Gasteiger partial charge in [0.15, 0.2) is 0 Å². The Bertz CT molecular complexity index is 772. The van der Waals surface area contributed by atoms with Gasteiger partial charge in [-0.3, -0.25) is 0 Å². The highest BCUT2D eigenvalue weighted by Gasteiger charge is 2.00. The molecule has 0 atom stereocenters. The van der Waals surface area contributed by atoms with E-state index in [2.05, 4.69) is 56.3 Å². The molecule has 1 nitrogen and oxygen atoms in total. The predicted molar refractivity (Wildman–Crippen MR) is 96.3 cm³/mol. The van der Waals surface area contributed by atoms with E-state index in [1.165, 1.54) is 22.3 Å². The topological polar surface area (TPSA) is 9.23 Å². The van der Waals surface area contributed by atoms with Crippen molar-refractivity contribution in [3.8, 4) is 11.5 Å². The van der Waals surface area contributed by atoms with Gasteiger partial charge in [0.05, 0.1) is 0 Å². The number of hydrogen-bond acceptors (Lipinski definition) is 1. The standard InChI is InChI=1S/C22H22O/c1-17-5-3-7-20(15-17)10-9-19-11-13-21(14-12-19)23-22-8-4-6-18(2)16-22/h3-8,11-16H,9-10H2,1-2H3. The Balaban J connectivity index is 1.61. The van der Waals surface area contributed by atoms with Crippen molar-refractivity contribution in [2.45, 2.75) is 26.7 Å². The number of aryl methyl sites for hydroxylation is 4. The average molecular weight is 302 g/mol. The first kappa shape index (κ1) is 15.4. The maximum absolute atomic E-state index is 5.89. The summed E-state index contributed by atoms with van der Waals surface area (Å²) >= 11 is 0. The summed E-state index contributed by atoms with van der Waals surface area (Å²) in [5.41, 5.74) is 5.26. The van der Waals surface area contributed by atoms with E-state index in [0.29, 0.717) is 0 Å². The summed E-state index contributed by atoms with van der Waals surface area (Å²) in [4.78, 5) is 0. The molecule has 0 spiro atoms. The minimum atomic E-state index is 0.884. The molecule has 0 N–H and O–H groups in total. The fourth-order valence-electron chi connectivity index (χ4n) is 2.70. The molecule has 116 valence electrons. The van der Waals surface area contributed by atoms with Gasteiger partial charge < -0.3 is 4.74 Å². The SMILES string of the molecule is Cc1cccc(CCc2ccc(Oc3cccc(C)c3)cc2)c1. The third kappa shape index (κ3) is 4.46. The number of rotatable bonds is 5. The second kappa shape index (κ2) is 7.15. The summed E-state index contributed by atoms with van der Waals surface area (Å²) in [7, 11) is 0. The summed E-state index contributed by atoms with van der Waals surface area (Å²) in [5.74, 6) is 1.77. The maximum Gasteiger partial charge on any atom is 0.127 e. The Morgan fingerprint density at radius 1 is 0.609 bits per heavy atom. The molecule has 3 rings (SSSR count). The zero-order chi connectivity index (χ0) is 16.1. The first-order valence-electron chi connectivity index (χ1n) is 8.08. The zero-order valence-electron chi connectivity index (χ0n) is 13.8. The molecule has 0 amide bonds. The molecule has 0 fully saturated rings. The molecule has 0 aliphatic heterocycles. The van der Waals surface area contributed by atoms with Gasteiger partial charge in [0.2, 0.25) is 0 Å². The van der Waals surface area contributed by atoms with Crippen LogP contribution in [-0.4, -0.2) is 0 Å². The highest BCUT2D eigenvalue weighted by atomic mass is 16.5. The van der Waals surface area contributed by atoms with E-state index in [0.717, 1.165) is 24.3 Å². The van der Waals surface area contributed by atoms with Crippen LogP contribution in [0.5, 0.6) is 11.5 Å². The van der Waals surface area contributed by atoms with Crippen molar-refractivity contribution in [3.05, 3.63) is 95.1 Å². The molecule has 23 heavy (non-hydrogen) atoms. The Labute approximate surface area is 138 Å². The van der Waals surface area contributed by atoms with Gasteiger partial charge in [-0.2, -0.15) is 0 Å². The molecule has 0 saturated heterocycles. The molecule has 0 saturated carbocycles. The highest BCUT2D eigenvalue weighted by molar-refractivity contribution is 5.35. The quantitative estimate of drug-likeness (QED) is 0.571. The average Bonchev–Trinajstić information content (AvgIpc) is 2.54. The van der Waals surface area contributed by atoms with Gasteiger partial charge in [-0.15, -0.1) is 0 Å². The van der Waals surface area contributed by atoms with Crippen molar-refractivity contribution in [2.24, 2.45) is 0 Å². The van der Waals surface area contributed by atoms with Gasteiger partial charge in [-0.25, -0.2) is 0 Å². The van der Waals surface area contributed by atoms with Crippen LogP contribution in [0.2, 0.25) is 0 Å². The van der Waals surface area contributed by atoms with Gasteiger partial charge in [0.1, 0.15) is 11.5 Å². The molecule has 0 aliphatic rings. The molecule has 0 aromatic heterocycles. The summed E-state index contributed by atoms with van der Waals surface area (Å²) in [6.07, 6.45) is 2.12. The molecule has 0 aliphatic carbocycles. The van der Waals surface area contributed by atoms with Crippen LogP contribution in [0, 0.1) is 13.8 Å². The van der Waals surface area contributed by atoms with Crippen LogP contribution < -0.4 is 4.74 Å². The molecule has 0 radical (unpaired) electrons. The second-order valence-corrected chi connectivity index (χ2v) is 6.05. The first-order chi connectivity index (χ1) is 11.2. The van der Waals surface area contributed by atoms with E-state index < -0.39 is 0 Å². The van der Waals surface area contributed by atoms with E-state index >= 15 is 0 Å². The van der Waals surface area contributed by atoms with Crippen molar-refractivity contribution < 1.29 is 4.74 Å². The molecule has 0 unspecified atom stereocenters. The van der Waals surface area contributed by atoms with Crippen LogP contribution in [0.4, 0.5) is 0 Å². The highest BCUT2D eigenvalue weighted by Crippen LogP contribution is 2.22. The maximum atomic E-state index is 5.89. The van der Waals surface area contributed by atoms with Crippen molar-refractivity contribution in [1.29, 1.82) is 0 Å². The van der Waals surface area contributed by atoms with Crippen molar-refractivity contribution in [2.75, 3.05) is 0 Å². The molecular formula is C22H22O. The summed E-state index contributed by atoms with van der Waals surface area (Å²) in [6.45, 7) is 4.21. The number of benzene rings is 3. The second-order valence-electron chi connectivity index (χ2n) is 6.05. The van der Waals surface area contributed by atoms with E-state index in [4.69, 9.17) is 4.74 Å². The van der Waals surface area contributed by atoms with Crippen LogP contribution in [0.1, 0.15) is 22.3 Å². The van der Waals surface area contributed by atoms with E-state index in [1.54, 1.807) is 0 Å². The van der Waals surface area contributed by atoms with Crippen molar-refractivity contribution >= 4 is 0 Å². The van der Waals surface area contributed by atoms with Crippen LogP contribution in [0.25, 0.3) is 0 Å². The lowest BCUT2D eigenvalue weighted by Gasteiger charge is -2.08. The van der Waals surface area contributed by atoms with Gasteiger partial charge >= 0.3 is 0 Å². The first-order valence-corrected chi connectivity index (χ1v) is 8.08. The fraction of sp³-hybridized carbons (Fsp3) is 0.182. The molecule has 0 bridgehead atoms. The Morgan fingerprint density at radius 2 is 1.26 bits per heavy atom. The van der Waals surface area contributed by atoms with E-state index in [9.17, 15) is 0 Å². The van der Waals surface area contributed by atoms with E-state index in [-0.39, 0.29) is 0 Å². The van der Waals surface area contributed by atoms with Gasteiger partial charge in [-0.1, -0.05) is 54.1 Å². The molecular weight excluding hydrogens is 280 g/mol. The Morgan fingerprint density at radius 3 is 1.96 bits per heavy atom. The summed E-state index contributed by atoms with van der Waals surface area (Å²) < 4.78 is 5.89. The predicted octanol–water partition coefficient (Wildman–Crippen LogP) is 5.88. The fourth-order valence-corrected chi connectivity index (χ4v) is 2.70. The summed E-state index contributed by atoms with van der Waals surface area (Å²) in [5, 5.41) is 0. The third-order valence-corrected chi connectivity index (χ3v) is 3.93. The van der Waals surface area contributed by atoms with Crippen LogP contribution in [0.3, 0.4) is 0 Å². The van der Waals surface area contributed by atoms with Crippen molar-refractivity contribution in [3.63, 3.8) is 0 Å². The molecule has 3 aromatic carbocycles.